The van der Waals surface area contributed by atoms with Gasteiger partial charge < -0.3 is 0 Å². The monoisotopic (exact) mass is 383 g/mol. The molecule has 1 heterocycles. The summed E-state index contributed by atoms with van der Waals surface area (Å²) >= 11 is 8.87. The molecule has 1 unspecified atom stereocenters. The Balaban J connectivity index is 2.46. The maximum Gasteiger partial charge on any atom is 0.246 e. The van der Waals surface area contributed by atoms with Crippen LogP contribution in [0.5, 0.6) is 0 Å². The zero-order chi connectivity index (χ0) is 14.9. The summed E-state index contributed by atoms with van der Waals surface area (Å²) in [5, 5.41) is 0. The molecule has 1 atom stereocenters. The summed E-state index contributed by atoms with van der Waals surface area (Å²) < 4.78 is 41.4. The van der Waals surface area contributed by atoms with Gasteiger partial charge in [0, 0.05) is 23.1 Å². The molecular weight excluding hydrogens is 369 g/mol. The number of piperidine rings is 1. The summed E-state index contributed by atoms with van der Waals surface area (Å²) in [5.41, 5.74) is 0.185. The number of nitrogens with zero attached hydrogens (tertiary/aromatic N) is 1. The molecule has 1 aliphatic rings. The Morgan fingerprint density at radius 3 is 2.80 bits per heavy atom. The average molecular weight is 385 g/mol. The lowest BCUT2D eigenvalue weighted by Gasteiger charge is -2.30. The van der Waals surface area contributed by atoms with Crippen LogP contribution in [0.15, 0.2) is 21.5 Å². The van der Waals surface area contributed by atoms with Crippen molar-refractivity contribution in [3.8, 4) is 0 Å². The van der Waals surface area contributed by atoms with Crippen LogP contribution in [0, 0.1) is 11.7 Å². The Hall–Kier alpha value is -0.170. The molecule has 0 aliphatic carbocycles. The lowest BCUT2D eigenvalue weighted by atomic mass is 10.0. The van der Waals surface area contributed by atoms with Crippen molar-refractivity contribution >= 4 is 37.6 Å². The van der Waals surface area contributed by atoms with Crippen molar-refractivity contribution in [1.82, 2.24) is 4.31 Å². The average Bonchev–Trinajstić information content (AvgIpc) is 2.40. The number of halogens is 3. The lowest BCUT2D eigenvalue weighted by molar-refractivity contribution is 0.280. The Labute approximate surface area is 132 Å². The molecule has 0 spiro atoms. The van der Waals surface area contributed by atoms with E-state index >= 15 is 0 Å². The first kappa shape index (κ1) is 16.2. The van der Waals surface area contributed by atoms with Crippen molar-refractivity contribution in [2.24, 2.45) is 5.92 Å². The highest BCUT2D eigenvalue weighted by Gasteiger charge is 2.31. The smallest absolute Gasteiger partial charge is 0.207 e. The molecule has 0 bridgehead atoms. The predicted molar refractivity (Wildman–Crippen MR) is 80.8 cm³/mol. The van der Waals surface area contributed by atoms with Crippen molar-refractivity contribution in [2.45, 2.75) is 30.5 Å². The van der Waals surface area contributed by atoms with Crippen LogP contribution in [0.2, 0.25) is 0 Å². The van der Waals surface area contributed by atoms with Crippen LogP contribution in [0.25, 0.3) is 0 Å². The van der Waals surface area contributed by atoms with Crippen LogP contribution < -0.4 is 0 Å². The normalized spacial score (nSPS) is 21.1. The number of hydrogen-bond acceptors (Lipinski definition) is 2. The van der Waals surface area contributed by atoms with Gasteiger partial charge in [-0.15, -0.1) is 11.6 Å². The van der Waals surface area contributed by atoms with E-state index in [9.17, 15) is 12.8 Å². The maximum atomic E-state index is 14.3. The standard InChI is InChI=1S/C13H16BrClFNO2S/c1-9-3-2-4-17(8-9)20(18,19)12-6-11(14)5-10(7-15)13(12)16/h5-6,9H,2-4,7-8H2,1H3. The fourth-order valence-electron chi connectivity index (χ4n) is 2.41. The topological polar surface area (TPSA) is 37.4 Å². The maximum absolute atomic E-state index is 14.3. The fraction of sp³-hybridized carbons (Fsp3) is 0.538. The molecule has 2 rings (SSSR count). The number of benzene rings is 1. The van der Waals surface area contributed by atoms with E-state index < -0.39 is 15.8 Å². The summed E-state index contributed by atoms with van der Waals surface area (Å²) in [6.07, 6.45) is 1.80. The fourth-order valence-corrected chi connectivity index (χ4v) is 4.99. The van der Waals surface area contributed by atoms with Crippen LogP contribution in [-0.2, 0) is 15.9 Å². The van der Waals surface area contributed by atoms with Crippen LogP contribution in [-0.4, -0.2) is 25.8 Å². The van der Waals surface area contributed by atoms with Gasteiger partial charge in [-0.1, -0.05) is 22.9 Å². The molecular formula is C13H16BrClFNO2S. The Morgan fingerprint density at radius 1 is 1.50 bits per heavy atom. The third-order valence-electron chi connectivity index (χ3n) is 3.46. The van der Waals surface area contributed by atoms with Crippen LogP contribution in [0.4, 0.5) is 4.39 Å². The quantitative estimate of drug-likeness (QED) is 0.744. The highest BCUT2D eigenvalue weighted by Crippen LogP contribution is 2.29. The van der Waals surface area contributed by atoms with Gasteiger partial charge in [0.1, 0.15) is 10.7 Å². The SMILES string of the molecule is CC1CCCN(S(=O)(=O)c2cc(Br)cc(CCl)c2F)C1. The minimum atomic E-state index is -3.81. The number of sulfonamides is 1. The van der Waals surface area contributed by atoms with Gasteiger partial charge in [0.05, 0.1) is 5.88 Å². The van der Waals surface area contributed by atoms with Gasteiger partial charge in [0.25, 0.3) is 0 Å². The Morgan fingerprint density at radius 2 is 2.20 bits per heavy atom. The van der Waals surface area contributed by atoms with E-state index in [2.05, 4.69) is 15.9 Å². The van der Waals surface area contributed by atoms with Crippen LogP contribution >= 0.6 is 27.5 Å². The van der Waals surface area contributed by atoms with Gasteiger partial charge in [0.15, 0.2) is 0 Å². The molecule has 0 radical (unpaired) electrons. The van der Waals surface area contributed by atoms with Gasteiger partial charge in [-0.05, 0) is 30.9 Å². The van der Waals surface area contributed by atoms with Gasteiger partial charge >= 0.3 is 0 Å². The van der Waals surface area contributed by atoms with Gasteiger partial charge in [-0.3, -0.25) is 0 Å². The van der Waals surface area contributed by atoms with Crippen molar-refractivity contribution in [3.63, 3.8) is 0 Å². The van der Waals surface area contributed by atoms with E-state index in [4.69, 9.17) is 11.6 Å². The molecule has 1 aromatic rings. The summed E-state index contributed by atoms with van der Waals surface area (Å²) in [7, 11) is -3.81. The molecule has 0 saturated carbocycles. The Kier molecular flexibility index (Phi) is 5.10. The first-order valence-electron chi connectivity index (χ1n) is 6.40. The summed E-state index contributed by atoms with van der Waals surface area (Å²) in [4.78, 5) is -0.295. The first-order chi connectivity index (χ1) is 9.36. The van der Waals surface area contributed by atoms with Crippen LogP contribution in [0.3, 0.4) is 0 Å². The lowest BCUT2D eigenvalue weighted by Crippen LogP contribution is -2.39. The van der Waals surface area contributed by atoms with Crippen molar-refractivity contribution < 1.29 is 12.8 Å². The van der Waals surface area contributed by atoms with Crippen molar-refractivity contribution in [2.75, 3.05) is 13.1 Å². The highest BCUT2D eigenvalue weighted by atomic mass is 79.9. The van der Waals surface area contributed by atoms with E-state index in [-0.39, 0.29) is 16.3 Å². The minimum absolute atomic E-state index is 0.0653. The second kappa shape index (κ2) is 6.30. The summed E-state index contributed by atoms with van der Waals surface area (Å²) in [6.45, 7) is 2.88. The second-order valence-corrected chi connectivity index (χ2v) is 8.21. The predicted octanol–water partition coefficient (Wildman–Crippen LogP) is 3.75. The number of rotatable bonds is 3. The molecule has 7 heteroatoms. The minimum Gasteiger partial charge on any atom is -0.207 e. The van der Waals surface area contributed by atoms with Crippen molar-refractivity contribution in [1.29, 1.82) is 0 Å². The number of hydrogen-bond donors (Lipinski definition) is 0. The molecule has 0 N–H and O–H groups in total. The molecule has 0 amide bonds. The van der Waals surface area contributed by atoms with E-state index in [1.54, 1.807) is 0 Å². The van der Waals surface area contributed by atoms with E-state index in [0.29, 0.717) is 23.5 Å². The molecule has 1 fully saturated rings. The molecule has 3 nitrogen and oxygen atoms in total. The zero-order valence-corrected chi connectivity index (χ0v) is 14.2. The van der Waals surface area contributed by atoms with Crippen LogP contribution in [0.1, 0.15) is 25.3 Å². The summed E-state index contributed by atoms with van der Waals surface area (Å²) in [6, 6.07) is 2.81. The van der Waals surface area contributed by atoms with E-state index in [1.807, 2.05) is 6.92 Å². The van der Waals surface area contributed by atoms with Crippen molar-refractivity contribution in [3.05, 3.63) is 28.0 Å². The molecule has 1 saturated heterocycles. The third-order valence-corrected chi connectivity index (χ3v) is 6.07. The van der Waals surface area contributed by atoms with Gasteiger partial charge in [0.2, 0.25) is 10.0 Å². The highest BCUT2D eigenvalue weighted by molar-refractivity contribution is 9.10. The van der Waals surface area contributed by atoms with E-state index in [0.717, 1.165) is 12.8 Å². The van der Waals surface area contributed by atoms with E-state index in [1.165, 1.54) is 16.4 Å². The zero-order valence-electron chi connectivity index (χ0n) is 11.1. The molecule has 20 heavy (non-hydrogen) atoms. The third kappa shape index (κ3) is 3.18. The van der Waals surface area contributed by atoms with Gasteiger partial charge in [-0.25, -0.2) is 12.8 Å². The first-order valence-corrected chi connectivity index (χ1v) is 9.17. The molecule has 1 aliphatic heterocycles. The van der Waals surface area contributed by atoms with Gasteiger partial charge in [-0.2, -0.15) is 4.31 Å². The second-order valence-electron chi connectivity index (χ2n) is 5.12. The molecule has 112 valence electrons. The Bertz CT molecular complexity index is 609. The summed E-state index contributed by atoms with van der Waals surface area (Å²) in [5.74, 6) is -0.521. The largest absolute Gasteiger partial charge is 0.246 e. The number of alkyl halides is 1. The molecule has 1 aromatic carbocycles. The molecule has 0 aromatic heterocycles.